The minimum absolute atomic E-state index is 0.00978. The molecule has 0 heterocycles. The van der Waals surface area contributed by atoms with Gasteiger partial charge in [-0.2, -0.15) is 0 Å². The monoisotopic (exact) mass is 480 g/mol. The summed E-state index contributed by atoms with van der Waals surface area (Å²) in [5.74, 6) is -2.42. The molecule has 0 saturated carbocycles. The van der Waals surface area contributed by atoms with Gasteiger partial charge in [0.15, 0.2) is 11.6 Å². The maximum atomic E-state index is 13.4. The molecule has 0 atom stereocenters. The highest BCUT2D eigenvalue weighted by Crippen LogP contribution is 2.27. The van der Waals surface area contributed by atoms with Crippen LogP contribution in [-0.4, -0.2) is 27.5 Å². The minimum atomic E-state index is -4.16. The number of hydrogen-bond acceptors (Lipinski definition) is 4. The molecular formula is C22H19ClF2N2O4S. The normalized spacial score (nSPS) is 11.1. The summed E-state index contributed by atoms with van der Waals surface area (Å²) in [5.41, 5.74) is 0.202. The van der Waals surface area contributed by atoms with Gasteiger partial charge in [-0.1, -0.05) is 11.6 Å². The summed E-state index contributed by atoms with van der Waals surface area (Å²) in [6, 6.07) is 14.5. The average molecular weight is 481 g/mol. The lowest BCUT2D eigenvalue weighted by atomic mass is 10.3. The summed E-state index contributed by atoms with van der Waals surface area (Å²) in [7, 11) is -4.16. The van der Waals surface area contributed by atoms with Crippen molar-refractivity contribution >= 4 is 38.9 Å². The average Bonchev–Trinajstić information content (AvgIpc) is 2.76. The molecule has 0 saturated heterocycles. The number of halogens is 3. The van der Waals surface area contributed by atoms with Crippen LogP contribution in [0.3, 0.4) is 0 Å². The number of carbonyl (C=O) groups is 1. The molecule has 3 aromatic carbocycles. The van der Waals surface area contributed by atoms with Crippen molar-refractivity contribution in [2.24, 2.45) is 0 Å². The van der Waals surface area contributed by atoms with E-state index in [0.717, 1.165) is 16.4 Å². The van der Waals surface area contributed by atoms with Crippen molar-refractivity contribution in [3.63, 3.8) is 0 Å². The third-order valence-electron chi connectivity index (χ3n) is 4.33. The second-order valence-electron chi connectivity index (χ2n) is 6.57. The van der Waals surface area contributed by atoms with Gasteiger partial charge in [-0.15, -0.1) is 0 Å². The molecule has 3 rings (SSSR count). The second-order valence-corrected chi connectivity index (χ2v) is 8.87. The van der Waals surface area contributed by atoms with Gasteiger partial charge >= 0.3 is 0 Å². The Hall–Kier alpha value is -3.17. The molecule has 0 radical (unpaired) electrons. The fourth-order valence-corrected chi connectivity index (χ4v) is 4.38. The Labute approximate surface area is 189 Å². The quantitative estimate of drug-likeness (QED) is 0.500. The van der Waals surface area contributed by atoms with Crippen LogP contribution in [0.1, 0.15) is 6.92 Å². The highest BCUT2D eigenvalue weighted by molar-refractivity contribution is 7.92. The van der Waals surface area contributed by atoms with Crippen molar-refractivity contribution in [2.75, 3.05) is 22.8 Å². The van der Waals surface area contributed by atoms with E-state index in [1.54, 1.807) is 12.1 Å². The second kappa shape index (κ2) is 9.97. The summed E-state index contributed by atoms with van der Waals surface area (Å²) in [6.07, 6.45) is 0. The Morgan fingerprint density at radius 3 is 2.25 bits per heavy atom. The van der Waals surface area contributed by atoms with Crippen LogP contribution in [0.15, 0.2) is 71.6 Å². The van der Waals surface area contributed by atoms with Crippen LogP contribution in [0.2, 0.25) is 5.02 Å². The van der Waals surface area contributed by atoms with Crippen molar-refractivity contribution in [2.45, 2.75) is 11.8 Å². The predicted molar refractivity (Wildman–Crippen MR) is 119 cm³/mol. The standard InChI is InChI=1S/C22H19ClF2N2O4S/c1-2-31-18-8-6-17(7-9-18)27(32(29,30)19-10-3-15(23)4-11-19)14-22(28)26-16-5-12-20(24)21(25)13-16/h3-13H,2,14H2,1H3,(H,26,28). The summed E-state index contributed by atoms with van der Waals surface area (Å²) < 4.78 is 59.5. The lowest BCUT2D eigenvalue weighted by molar-refractivity contribution is -0.114. The number of nitrogens with one attached hydrogen (secondary N) is 1. The van der Waals surface area contributed by atoms with E-state index < -0.39 is 34.1 Å². The first kappa shape index (κ1) is 23.5. The van der Waals surface area contributed by atoms with E-state index in [-0.39, 0.29) is 16.3 Å². The maximum absolute atomic E-state index is 13.4. The van der Waals surface area contributed by atoms with E-state index in [1.807, 2.05) is 6.92 Å². The Kier molecular flexibility index (Phi) is 7.32. The molecule has 0 aliphatic carbocycles. The van der Waals surface area contributed by atoms with Gasteiger partial charge in [-0.3, -0.25) is 9.10 Å². The topological polar surface area (TPSA) is 75.7 Å². The van der Waals surface area contributed by atoms with Gasteiger partial charge < -0.3 is 10.1 Å². The summed E-state index contributed by atoms with van der Waals surface area (Å²) in [5, 5.41) is 2.73. The Bertz CT molecular complexity index is 1200. The summed E-state index contributed by atoms with van der Waals surface area (Å²) in [6.45, 7) is 1.63. The Morgan fingerprint density at radius 2 is 1.66 bits per heavy atom. The van der Waals surface area contributed by atoms with Crippen molar-refractivity contribution in [1.29, 1.82) is 0 Å². The molecule has 0 aromatic heterocycles. The van der Waals surface area contributed by atoms with Crippen LogP contribution in [-0.2, 0) is 14.8 Å². The molecule has 168 valence electrons. The molecule has 0 spiro atoms. The zero-order valence-electron chi connectivity index (χ0n) is 16.9. The molecule has 10 heteroatoms. The number of nitrogens with zero attached hydrogens (tertiary/aromatic N) is 1. The number of anilines is 2. The highest BCUT2D eigenvalue weighted by atomic mass is 35.5. The lowest BCUT2D eigenvalue weighted by Crippen LogP contribution is -2.38. The van der Waals surface area contributed by atoms with Gasteiger partial charge in [0, 0.05) is 16.8 Å². The molecule has 0 aliphatic heterocycles. The van der Waals surface area contributed by atoms with Crippen LogP contribution < -0.4 is 14.4 Å². The van der Waals surface area contributed by atoms with Crippen molar-refractivity contribution < 1.29 is 26.7 Å². The largest absolute Gasteiger partial charge is 0.494 e. The van der Waals surface area contributed by atoms with Crippen LogP contribution in [0.5, 0.6) is 5.75 Å². The van der Waals surface area contributed by atoms with E-state index in [4.69, 9.17) is 16.3 Å². The smallest absolute Gasteiger partial charge is 0.264 e. The third kappa shape index (κ3) is 5.54. The van der Waals surface area contributed by atoms with Gasteiger partial charge in [0.05, 0.1) is 17.2 Å². The lowest BCUT2D eigenvalue weighted by Gasteiger charge is -2.24. The van der Waals surface area contributed by atoms with Crippen LogP contribution >= 0.6 is 11.6 Å². The van der Waals surface area contributed by atoms with E-state index in [9.17, 15) is 22.0 Å². The number of rotatable bonds is 8. The van der Waals surface area contributed by atoms with Gasteiger partial charge in [0.1, 0.15) is 12.3 Å². The number of ether oxygens (including phenoxy) is 1. The number of amides is 1. The summed E-state index contributed by atoms with van der Waals surface area (Å²) in [4.78, 5) is 12.5. The number of hydrogen-bond donors (Lipinski definition) is 1. The van der Waals surface area contributed by atoms with Gasteiger partial charge in [0.2, 0.25) is 5.91 Å². The molecule has 1 amide bonds. The van der Waals surface area contributed by atoms with Crippen molar-refractivity contribution in [1.82, 2.24) is 0 Å². The fraction of sp³-hybridized carbons (Fsp3) is 0.136. The molecule has 1 N–H and O–H groups in total. The molecule has 0 fully saturated rings. The number of benzene rings is 3. The third-order valence-corrected chi connectivity index (χ3v) is 6.37. The first-order chi connectivity index (χ1) is 15.2. The Morgan fingerprint density at radius 1 is 1.00 bits per heavy atom. The Balaban J connectivity index is 1.93. The first-order valence-corrected chi connectivity index (χ1v) is 11.3. The van der Waals surface area contributed by atoms with Crippen LogP contribution in [0.4, 0.5) is 20.2 Å². The molecule has 0 unspecified atom stereocenters. The SMILES string of the molecule is CCOc1ccc(N(CC(=O)Nc2ccc(F)c(F)c2)S(=O)(=O)c2ccc(Cl)cc2)cc1. The maximum Gasteiger partial charge on any atom is 0.264 e. The van der Waals surface area contributed by atoms with Crippen LogP contribution in [0.25, 0.3) is 0 Å². The number of carbonyl (C=O) groups excluding carboxylic acids is 1. The van der Waals surface area contributed by atoms with Crippen molar-refractivity contribution in [3.05, 3.63) is 83.4 Å². The van der Waals surface area contributed by atoms with Crippen molar-refractivity contribution in [3.8, 4) is 5.75 Å². The van der Waals surface area contributed by atoms with Gasteiger partial charge in [-0.05, 0) is 67.6 Å². The molecular weight excluding hydrogens is 462 g/mol. The first-order valence-electron chi connectivity index (χ1n) is 9.47. The van der Waals surface area contributed by atoms with Crippen LogP contribution in [0, 0.1) is 11.6 Å². The molecule has 0 aliphatic rings. The minimum Gasteiger partial charge on any atom is -0.494 e. The summed E-state index contributed by atoms with van der Waals surface area (Å²) >= 11 is 5.86. The zero-order valence-corrected chi connectivity index (χ0v) is 18.5. The zero-order chi connectivity index (χ0) is 23.3. The van der Waals surface area contributed by atoms with Gasteiger partial charge in [-0.25, -0.2) is 17.2 Å². The molecule has 3 aromatic rings. The van der Waals surface area contributed by atoms with E-state index in [0.29, 0.717) is 17.4 Å². The van der Waals surface area contributed by atoms with E-state index in [1.165, 1.54) is 42.5 Å². The number of sulfonamides is 1. The predicted octanol–water partition coefficient (Wildman–Crippen LogP) is 4.85. The molecule has 32 heavy (non-hydrogen) atoms. The highest BCUT2D eigenvalue weighted by Gasteiger charge is 2.27. The van der Waals surface area contributed by atoms with Gasteiger partial charge in [0.25, 0.3) is 10.0 Å². The molecule has 0 bridgehead atoms. The fourth-order valence-electron chi connectivity index (χ4n) is 2.83. The molecule has 6 nitrogen and oxygen atoms in total. The van der Waals surface area contributed by atoms with E-state index in [2.05, 4.69) is 5.32 Å². The van der Waals surface area contributed by atoms with E-state index >= 15 is 0 Å².